The maximum Gasteiger partial charge on any atom is 0.259 e. The van der Waals surface area contributed by atoms with Crippen molar-refractivity contribution in [1.29, 1.82) is 0 Å². The predicted molar refractivity (Wildman–Crippen MR) is 99.8 cm³/mol. The van der Waals surface area contributed by atoms with Gasteiger partial charge in [0, 0.05) is 24.7 Å². The van der Waals surface area contributed by atoms with Gasteiger partial charge in [0.05, 0.1) is 32.2 Å². The normalized spacial score (nSPS) is 13.2. The van der Waals surface area contributed by atoms with Gasteiger partial charge in [0.2, 0.25) is 5.88 Å². The Morgan fingerprint density at radius 2 is 1.96 bits per heavy atom. The van der Waals surface area contributed by atoms with Crippen LogP contribution in [0.2, 0.25) is 0 Å². The van der Waals surface area contributed by atoms with Crippen LogP contribution >= 0.6 is 0 Å². The summed E-state index contributed by atoms with van der Waals surface area (Å²) in [6.07, 6.45) is 2.32. The highest BCUT2D eigenvalue weighted by molar-refractivity contribution is 5.96. The van der Waals surface area contributed by atoms with Crippen molar-refractivity contribution in [3.05, 3.63) is 59.5 Å². The maximum absolute atomic E-state index is 12.9. The first-order valence-corrected chi connectivity index (χ1v) is 8.70. The van der Waals surface area contributed by atoms with Gasteiger partial charge in [0.1, 0.15) is 17.1 Å². The van der Waals surface area contributed by atoms with Gasteiger partial charge < -0.3 is 19.4 Å². The van der Waals surface area contributed by atoms with Gasteiger partial charge in [-0.3, -0.25) is 4.79 Å². The minimum Gasteiger partial charge on any atom is -0.497 e. The number of imidazole rings is 1. The molecule has 1 aliphatic heterocycles. The Kier molecular flexibility index (Phi) is 4.50. The molecule has 3 aromatic rings. The number of carbonyl (C=O) groups is 1. The molecule has 138 valence electrons. The quantitative estimate of drug-likeness (QED) is 0.770. The largest absolute Gasteiger partial charge is 0.497 e. The second-order valence-electron chi connectivity index (χ2n) is 6.28. The molecule has 0 atom stereocenters. The molecule has 0 fully saturated rings. The number of pyridine rings is 1. The van der Waals surface area contributed by atoms with Crippen molar-refractivity contribution in [2.75, 3.05) is 20.8 Å². The summed E-state index contributed by atoms with van der Waals surface area (Å²) in [5.41, 5.74) is 3.42. The highest BCUT2D eigenvalue weighted by atomic mass is 16.5. The molecule has 0 bridgehead atoms. The smallest absolute Gasteiger partial charge is 0.259 e. The van der Waals surface area contributed by atoms with Gasteiger partial charge in [-0.15, -0.1) is 0 Å². The van der Waals surface area contributed by atoms with Gasteiger partial charge in [-0.05, 0) is 36.4 Å². The zero-order chi connectivity index (χ0) is 18.8. The van der Waals surface area contributed by atoms with Crippen LogP contribution in [0.15, 0.2) is 42.6 Å². The van der Waals surface area contributed by atoms with Crippen molar-refractivity contribution in [2.45, 2.75) is 13.0 Å². The minimum atomic E-state index is -0.0915. The van der Waals surface area contributed by atoms with Crippen molar-refractivity contribution in [3.63, 3.8) is 0 Å². The Morgan fingerprint density at radius 1 is 1.15 bits per heavy atom. The molecule has 7 nitrogen and oxygen atoms in total. The van der Waals surface area contributed by atoms with E-state index < -0.39 is 0 Å². The van der Waals surface area contributed by atoms with Crippen LogP contribution in [0.4, 0.5) is 0 Å². The van der Waals surface area contributed by atoms with E-state index in [1.54, 1.807) is 30.3 Å². The summed E-state index contributed by atoms with van der Waals surface area (Å²) in [5.74, 6) is 1.86. The number of carbonyl (C=O) groups excluding carboxylic acids is 1. The van der Waals surface area contributed by atoms with E-state index in [-0.39, 0.29) is 5.91 Å². The third kappa shape index (κ3) is 3.23. The van der Waals surface area contributed by atoms with E-state index in [1.165, 1.54) is 7.11 Å². The number of hydrogen-bond donors (Lipinski definition) is 1. The number of aromatic nitrogens is 3. The first kappa shape index (κ1) is 17.1. The molecule has 27 heavy (non-hydrogen) atoms. The Labute approximate surface area is 157 Å². The molecule has 2 aromatic heterocycles. The summed E-state index contributed by atoms with van der Waals surface area (Å²) in [6, 6.07) is 11.2. The SMILES string of the molecule is COc1ccc(-c2nc3c([nH]2)CN(C(=O)c2cccnc2OC)CC3)cc1. The van der Waals surface area contributed by atoms with Gasteiger partial charge in [0.25, 0.3) is 5.91 Å². The number of hydrogen-bond acceptors (Lipinski definition) is 5. The zero-order valence-corrected chi connectivity index (χ0v) is 15.2. The lowest BCUT2D eigenvalue weighted by atomic mass is 10.1. The van der Waals surface area contributed by atoms with Crippen LogP contribution in [0.3, 0.4) is 0 Å². The highest BCUT2D eigenvalue weighted by Gasteiger charge is 2.26. The van der Waals surface area contributed by atoms with Crippen molar-refractivity contribution in [2.24, 2.45) is 0 Å². The van der Waals surface area contributed by atoms with E-state index in [0.717, 1.165) is 28.5 Å². The molecule has 3 heterocycles. The van der Waals surface area contributed by atoms with Crippen LogP contribution in [0.5, 0.6) is 11.6 Å². The molecule has 1 N–H and O–H groups in total. The number of nitrogens with one attached hydrogen (secondary N) is 1. The zero-order valence-electron chi connectivity index (χ0n) is 15.2. The fourth-order valence-electron chi connectivity index (χ4n) is 3.24. The molecule has 0 aliphatic carbocycles. The van der Waals surface area contributed by atoms with Crippen LogP contribution in [-0.4, -0.2) is 46.5 Å². The number of benzene rings is 1. The summed E-state index contributed by atoms with van der Waals surface area (Å²) in [5, 5.41) is 0. The second kappa shape index (κ2) is 7.11. The fraction of sp³-hybridized carbons (Fsp3) is 0.250. The number of rotatable bonds is 4. The molecule has 0 saturated carbocycles. The van der Waals surface area contributed by atoms with Gasteiger partial charge in [-0.2, -0.15) is 0 Å². The summed E-state index contributed by atoms with van der Waals surface area (Å²) in [7, 11) is 3.16. The van der Waals surface area contributed by atoms with Crippen molar-refractivity contribution < 1.29 is 14.3 Å². The molecule has 1 amide bonds. The van der Waals surface area contributed by atoms with E-state index >= 15 is 0 Å². The minimum absolute atomic E-state index is 0.0915. The lowest BCUT2D eigenvalue weighted by Gasteiger charge is -2.26. The average molecular weight is 364 g/mol. The van der Waals surface area contributed by atoms with E-state index in [9.17, 15) is 4.79 Å². The van der Waals surface area contributed by atoms with Gasteiger partial charge in [-0.1, -0.05) is 0 Å². The maximum atomic E-state index is 12.9. The first-order valence-electron chi connectivity index (χ1n) is 8.70. The molecule has 4 rings (SSSR count). The Bertz CT molecular complexity index is 966. The second-order valence-corrected chi connectivity index (χ2v) is 6.28. The number of H-pyrrole nitrogens is 1. The average Bonchev–Trinajstić information content (AvgIpc) is 3.16. The number of amides is 1. The summed E-state index contributed by atoms with van der Waals surface area (Å²) >= 11 is 0. The Balaban J connectivity index is 1.56. The molecule has 0 unspecified atom stereocenters. The molecule has 0 spiro atoms. The summed E-state index contributed by atoms with van der Waals surface area (Å²) < 4.78 is 10.4. The monoisotopic (exact) mass is 364 g/mol. The van der Waals surface area contributed by atoms with Crippen LogP contribution in [0, 0.1) is 0 Å². The van der Waals surface area contributed by atoms with Crippen molar-refractivity contribution >= 4 is 5.91 Å². The van der Waals surface area contributed by atoms with Crippen LogP contribution < -0.4 is 9.47 Å². The van der Waals surface area contributed by atoms with Crippen molar-refractivity contribution in [3.8, 4) is 23.0 Å². The molecule has 7 heteroatoms. The van der Waals surface area contributed by atoms with E-state index in [1.807, 2.05) is 24.3 Å². The number of fused-ring (bicyclic) bond motifs is 1. The van der Waals surface area contributed by atoms with E-state index in [4.69, 9.17) is 14.5 Å². The Hall–Kier alpha value is -3.35. The lowest BCUT2D eigenvalue weighted by molar-refractivity contribution is 0.0727. The van der Waals surface area contributed by atoms with E-state index in [2.05, 4.69) is 9.97 Å². The number of nitrogens with zero attached hydrogens (tertiary/aromatic N) is 3. The molecular formula is C20H20N4O3. The topological polar surface area (TPSA) is 80.3 Å². The predicted octanol–water partition coefficient (Wildman–Crippen LogP) is 2.69. The van der Waals surface area contributed by atoms with Crippen LogP contribution in [0.25, 0.3) is 11.4 Å². The third-order valence-corrected chi connectivity index (χ3v) is 4.68. The molecule has 0 radical (unpaired) electrons. The summed E-state index contributed by atoms with van der Waals surface area (Å²) in [4.78, 5) is 26.9. The standard InChI is InChI=1S/C20H20N4O3/c1-26-14-7-5-13(6-8-14)18-22-16-9-11-24(12-17(16)23-18)20(25)15-4-3-10-21-19(15)27-2/h3-8,10H,9,11-12H2,1-2H3,(H,22,23). The summed E-state index contributed by atoms with van der Waals surface area (Å²) in [6.45, 7) is 1.09. The third-order valence-electron chi connectivity index (χ3n) is 4.68. The Morgan fingerprint density at radius 3 is 2.70 bits per heavy atom. The lowest BCUT2D eigenvalue weighted by Crippen LogP contribution is -2.36. The van der Waals surface area contributed by atoms with Crippen molar-refractivity contribution in [1.82, 2.24) is 19.9 Å². The highest BCUT2D eigenvalue weighted by Crippen LogP contribution is 2.26. The van der Waals surface area contributed by atoms with Gasteiger partial charge in [0.15, 0.2) is 0 Å². The molecule has 1 aromatic carbocycles. The van der Waals surface area contributed by atoms with Gasteiger partial charge >= 0.3 is 0 Å². The van der Waals surface area contributed by atoms with E-state index in [0.29, 0.717) is 31.0 Å². The fourth-order valence-corrected chi connectivity index (χ4v) is 3.24. The van der Waals surface area contributed by atoms with Gasteiger partial charge in [-0.25, -0.2) is 9.97 Å². The number of ether oxygens (including phenoxy) is 2. The van der Waals surface area contributed by atoms with Crippen LogP contribution in [-0.2, 0) is 13.0 Å². The first-order chi connectivity index (χ1) is 13.2. The number of aromatic amines is 1. The molecule has 0 saturated heterocycles. The molecular weight excluding hydrogens is 344 g/mol. The number of methoxy groups -OCH3 is 2. The molecule has 1 aliphatic rings. The van der Waals surface area contributed by atoms with Crippen LogP contribution in [0.1, 0.15) is 21.7 Å².